The minimum atomic E-state index is -0.473. The summed E-state index contributed by atoms with van der Waals surface area (Å²) in [6.07, 6.45) is 0.229. The fourth-order valence-electron chi connectivity index (χ4n) is 3.83. The van der Waals surface area contributed by atoms with E-state index in [1.807, 2.05) is 13.8 Å². The Morgan fingerprint density at radius 3 is 1.39 bits per heavy atom. The van der Waals surface area contributed by atoms with Gasteiger partial charge in [0.25, 0.3) is 0 Å². The lowest BCUT2D eigenvalue weighted by Crippen LogP contribution is -2.43. The van der Waals surface area contributed by atoms with E-state index in [0.29, 0.717) is 52.1 Å². The van der Waals surface area contributed by atoms with Gasteiger partial charge in [-0.2, -0.15) is 0 Å². The minimum Gasteiger partial charge on any atom is -0.392 e. The van der Waals surface area contributed by atoms with E-state index in [9.17, 15) is 20.4 Å². The Morgan fingerprint density at radius 1 is 0.694 bits per heavy atom. The highest BCUT2D eigenvalue weighted by Gasteiger charge is 2.28. The van der Waals surface area contributed by atoms with Gasteiger partial charge in [-0.25, -0.2) is 0 Å². The number of rotatable bonds is 25. The number of hydrogen-bond acceptors (Lipinski definition) is 12. The third kappa shape index (κ3) is 17.0. The first-order valence-electron chi connectivity index (χ1n) is 13.5. The maximum absolute atomic E-state index is 10.4. The first-order chi connectivity index (χ1) is 17.4. The van der Waals surface area contributed by atoms with Crippen LogP contribution in [-0.2, 0) is 9.47 Å². The second kappa shape index (κ2) is 19.4. The van der Waals surface area contributed by atoms with Crippen LogP contribution >= 0.6 is 21.6 Å². The molecular formula is C24H50N4O6S2. The van der Waals surface area contributed by atoms with E-state index in [1.54, 1.807) is 21.6 Å². The molecule has 0 aromatic rings. The van der Waals surface area contributed by atoms with Crippen molar-refractivity contribution in [1.29, 1.82) is 0 Å². The first-order valence-corrected chi connectivity index (χ1v) is 15.9. The molecule has 0 radical (unpaired) electrons. The second-order valence-electron chi connectivity index (χ2n) is 9.83. The molecule has 2 aliphatic rings. The molecule has 2 fully saturated rings. The first kappa shape index (κ1) is 32.5. The number of hydrogen-bond donors (Lipinski definition) is 6. The standard InChI is InChI=1S/C24H50N4O6S2/c1-3-19(29)11-27(15-23-17-33-23)13-21(31)9-25-5-7-35-36-8-6-26-10-22(32)14-28(12-20(30)4-2)16-24-18-34-24/h19-26,29-32H,3-18H2,1-2H3. The summed E-state index contributed by atoms with van der Waals surface area (Å²) in [5.41, 5.74) is 0. The average molecular weight is 555 g/mol. The molecule has 12 heteroatoms. The summed E-state index contributed by atoms with van der Waals surface area (Å²) in [6.45, 7) is 11.9. The number of aliphatic hydroxyl groups is 4. The minimum absolute atomic E-state index is 0.248. The van der Waals surface area contributed by atoms with E-state index >= 15 is 0 Å². The van der Waals surface area contributed by atoms with Crippen LogP contribution in [0.1, 0.15) is 26.7 Å². The Balaban J connectivity index is 1.42. The molecule has 0 amide bonds. The number of epoxide rings is 2. The Morgan fingerprint density at radius 2 is 1.06 bits per heavy atom. The molecule has 0 aliphatic carbocycles. The van der Waals surface area contributed by atoms with Gasteiger partial charge in [-0.15, -0.1) is 0 Å². The largest absolute Gasteiger partial charge is 0.392 e. The van der Waals surface area contributed by atoms with Gasteiger partial charge in [-0.1, -0.05) is 35.4 Å². The van der Waals surface area contributed by atoms with Crippen LogP contribution in [0.3, 0.4) is 0 Å². The van der Waals surface area contributed by atoms with Crippen LogP contribution in [0.2, 0.25) is 0 Å². The van der Waals surface area contributed by atoms with E-state index in [0.717, 1.165) is 50.9 Å². The van der Waals surface area contributed by atoms with Crippen molar-refractivity contribution in [2.24, 2.45) is 0 Å². The molecular weight excluding hydrogens is 504 g/mol. The van der Waals surface area contributed by atoms with Gasteiger partial charge in [0.05, 0.1) is 49.8 Å². The number of nitrogens with one attached hydrogen (secondary N) is 2. The lowest BCUT2D eigenvalue weighted by atomic mass is 10.2. The van der Waals surface area contributed by atoms with Gasteiger partial charge in [-0.05, 0) is 12.8 Å². The summed E-state index contributed by atoms with van der Waals surface area (Å²) in [5, 5.41) is 47.2. The molecule has 0 aromatic carbocycles. The molecule has 0 saturated carbocycles. The fraction of sp³-hybridized carbons (Fsp3) is 1.00. The van der Waals surface area contributed by atoms with E-state index in [2.05, 4.69) is 20.4 Å². The summed E-state index contributed by atoms with van der Waals surface area (Å²) >= 11 is 0. The summed E-state index contributed by atoms with van der Waals surface area (Å²) in [5.74, 6) is 1.90. The van der Waals surface area contributed by atoms with E-state index in [-0.39, 0.29) is 24.4 Å². The summed E-state index contributed by atoms with van der Waals surface area (Å²) in [6, 6.07) is 0. The smallest absolute Gasteiger partial charge is 0.0936 e. The number of ether oxygens (including phenoxy) is 2. The molecule has 0 bridgehead atoms. The van der Waals surface area contributed by atoms with Crippen LogP contribution in [0.5, 0.6) is 0 Å². The summed E-state index contributed by atoms with van der Waals surface area (Å²) < 4.78 is 10.6. The summed E-state index contributed by atoms with van der Waals surface area (Å²) in [7, 11) is 3.60. The molecule has 2 saturated heterocycles. The lowest BCUT2D eigenvalue weighted by molar-refractivity contribution is 0.0637. The second-order valence-corrected chi connectivity index (χ2v) is 12.5. The molecule has 6 unspecified atom stereocenters. The maximum Gasteiger partial charge on any atom is 0.0936 e. The van der Waals surface area contributed by atoms with Crippen molar-refractivity contribution in [3.05, 3.63) is 0 Å². The monoisotopic (exact) mass is 554 g/mol. The molecule has 2 aliphatic heterocycles. The van der Waals surface area contributed by atoms with Crippen molar-refractivity contribution in [2.75, 3.05) is 90.2 Å². The SMILES string of the molecule is CCC(O)CN(CC(O)CNCCSSCCNCC(O)CN(CC(O)CC)CC1CO1)CC1CO1. The molecule has 0 aromatic heterocycles. The van der Waals surface area contributed by atoms with Crippen molar-refractivity contribution in [3.63, 3.8) is 0 Å². The van der Waals surface area contributed by atoms with Crippen molar-refractivity contribution in [3.8, 4) is 0 Å². The molecule has 10 nitrogen and oxygen atoms in total. The number of nitrogens with zero attached hydrogens (tertiary/aromatic N) is 2. The molecule has 214 valence electrons. The molecule has 2 heterocycles. The van der Waals surface area contributed by atoms with Gasteiger partial charge < -0.3 is 40.5 Å². The quantitative estimate of drug-likeness (QED) is 0.0479. The predicted molar refractivity (Wildman–Crippen MR) is 148 cm³/mol. The average Bonchev–Trinajstić information content (AvgIpc) is 3.77. The lowest BCUT2D eigenvalue weighted by Gasteiger charge is -2.26. The zero-order valence-electron chi connectivity index (χ0n) is 22.1. The zero-order valence-corrected chi connectivity index (χ0v) is 23.7. The van der Waals surface area contributed by atoms with Crippen LogP contribution in [0.4, 0.5) is 0 Å². The maximum atomic E-state index is 10.4. The predicted octanol–water partition coefficient (Wildman–Crippen LogP) is -0.788. The molecule has 6 N–H and O–H groups in total. The Bertz CT molecular complexity index is 505. The Labute approximate surface area is 225 Å². The third-order valence-electron chi connectivity index (χ3n) is 6.11. The van der Waals surface area contributed by atoms with E-state index in [1.165, 1.54) is 0 Å². The highest BCUT2D eigenvalue weighted by atomic mass is 33.1. The van der Waals surface area contributed by atoms with Crippen LogP contribution in [0, 0.1) is 0 Å². The van der Waals surface area contributed by atoms with Gasteiger partial charge in [0.2, 0.25) is 0 Å². The van der Waals surface area contributed by atoms with Gasteiger partial charge in [0.15, 0.2) is 0 Å². The van der Waals surface area contributed by atoms with Gasteiger partial charge in [-0.3, -0.25) is 9.80 Å². The Kier molecular flexibility index (Phi) is 17.5. The van der Waals surface area contributed by atoms with Gasteiger partial charge in [0, 0.05) is 77.0 Å². The zero-order chi connectivity index (χ0) is 26.2. The topological polar surface area (TPSA) is 137 Å². The van der Waals surface area contributed by atoms with Gasteiger partial charge in [0.1, 0.15) is 0 Å². The normalized spacial score (nSPS) is 22.7. The highest BCUT2D eigenvalue weighted by molar-refractivity contribution is 8.76. The third-order valence-corrected chi connectivity index (χ3v) is 8.52. The van der Waals surface area contributed by atoms with Crippen LogP contribution in [0.25, 0.3) is 0 Å². The van der Waals surface area contributed by atoms with E-state index in [4.69, 9.17) is 9.47 Å². The fourth-order valence-corrected chi connectivity index (χ4v) is 5.73. The molecule has 2 rings (SSSR count). The van der Waals surface area contributed by atoms with Gasteiger partial charge >= 0.3 is 0 Å². The van der Waals surface area contributed by atoms with Crippen molar-refractivity contribution in [2.45, 2.75) is 63.3 Å². The molecule has 36 heavy (non-hydrogen) atoms. The highest BCUT2D eigenvalue weighted by Crippen LogP contribution is 2.19. The van der Waals surface area contributed by atoms with E-state index < -0.39 is 12.2 Å². The Hall–Kier alpha value is 0.300. The summed E-state index contributed by atoms with van der Waals surface area (Å²) in [4.78, 5) is 4.20. The number of aliphatic hydroxyl groups excluding tert-OH is 4. The van der Waals surface area contributed by atoms with Crippen molar-refractivity contribution in [1.82, 2.24) is 20.4 Å². The van der Waals surface area contributed by atoms with Crippen LogP contribution in [-0.4, -0.2) is 157 Å². The molecule has 0 spiro atoms. The van der Waals surface area contributed by atoms with Crippen LogP contribution < -0.4 is 10.6 Å². The van der Waals surface area contributed by atoms with Crippen molar-refractivity contribution >= 4 is 21.6 Å². The van der Waals surface area contributed by atoms with Crippen molar-refractivity contribution < 1.29 is 29.9 Å². The molecule has 6 atom stereocenters. The van der Waals surface area contributed by atoms with Crippen LogP contribution in [0.15, 0.2) is 0 Å².